The van der Waals surface area contributed by atoms with E-state index in [1.807, 2.05) is 31.3 Å². The topological polar surface area (TPSA) is 206 Å². The van der Waals surface area contributed by atoms with E-state index in [2.05, 4.69) is 25.2 Å². The molecule has 0 radical (unpaired) electrons. The highest BCUT2D eigenvalue weighted by molar-refractivity contribution is 6.31. The Bertz CT molecular complexity index is 2160. The first-order chi connectivity index (χ1) is 23.0. The Kier molecular flexibility index (Phi) is 14.0. The molecule has 3 aromatic carbocycles. The van der Waals surface area contributed by atoms with E-state index in [1.54, 1.807) is 49.4 Å². The van der Waals surface area contributed by atoms with Crippen LogP contribution in [0.3, 0.4) is 0 Å². The number of pyridine rings is 2. The molecule has 11 nitrogen and oxygen atoms in total. The number of H-pyrrole nitrogens is 1. The number of piperidine rings is 1. The second kappa shape index (κ2) is 17.5. The summed E-state index contributed by atoms with van der Waals surface area (Å²) in [6, 6.07) is 18.7. The number of halogens is 3. The van der Waals surface area contributed by atoms with Gasteiger partial charge in [0.25, 0.3) is 5.91 Å². The molecule has 0 unspecified atom stereocenters. The number of rotatable bonds is 6. The molecule has 0 aliphatic carbocycles. The van der Waals surface area contributed by atoms with Crippen LogP contribution in [0.4, 0.5) is 4.39 Å². The quantitative estimate of drug-likeness (QED) is 0.191. The van der Waals surface area contributed by atoms with E-state index in [4.69, 9.17) is 28.3 Å². The largest absolute Gasteiger partial charge is 0.478 e. The summed E-state index contributed by atoms with van der Waals surface area (Å²) in [6.07, 6.45) is 4.12. The molecule has 6 aromatic rings. The van der Waals surface area contributed by atoms with Crippen molar-refractivity contribution in [1.29, 1.82) is 0 Å². The van der Waals surface area contributed by atoms with Gasteiger partial charge in [-0.1, -0.05) is 35.3 Å². The summed E-state index contributed by atoms with van der Waals surface area (Å²) < 4.78 is 13.5. The summed E-state index contributed by atoms with van der Waals surface area (Å²) in [4.78, 5) is 38.2. The summed E-state index contributed by atoms with van der Waals surface area (Å²) >= 11 is 11.9. The fraction of sp³-hybridized carbons (Fsp3) is 0.243. The summed E-state index contributed by atoms with van der Waals surface area (Å²) in [5, 5.41) is 15.8. The van der Waals surface area contributed by atoms with Crippen molar-refractivity contribution in [2.75, 3.05) is 26.2 Å². The molecule has 1 aliphatic heterocycles. The highest BCUT2D eigenvalue weighted by atomic mass is 35.5. The van der Waals surface area contributed by atoms with Crippen molar-refractivity contribution in [2.45, 2.75) is 32.6 Å². The van der Waals surface area contributed by atoms with Crippen molar-refractivity contribution >= 4 is 67.8 Å². The summed E-state index contributed by atoms with van der Waals surface area (Å²) in [6.45, 7) is 6.99. The Hall–Kier alpha value is -4.69. The van der Waals surface area contributed by atoms with Crippen LogP contribution in [0.5, 0.6) is 0 Å². The average molecular weight is 741 g/mol. The Morgan fingerprint density at radius 2 is 1.39 bits per heavy atom. The van der Waals surface area contributed by atoms with E-state index in [-0.39, 0.29) is 33.7 Å². The molecule has 4 heterocycles. The maximum atomic E-state index is 13.5. The van der Waals surface area contributed by atoms with E-state index >= 15 is 0 Å². The highest BCUT2D eigenvalue weighted by Gasteiger charge is 2.23. The van der Waals surface area contributed by atoms with Gasteiger partial charge in [0.2, 0.25) is 0 Å². The molecule has 3 aromatic heterocycles. The lowest BCUT2D eigenvalue weighted by atomic mass is 9.89. The second-order valence-corrected chi connectivity index (χ2v) is 12.9. The lowest BCUT2D eigenvalue weighted by molar-refractivity contribution is 0.0698. The summed E-state index contributed by atoms with van der Waals surface area (Å²) in [5.41, 5.74) is 5.82. The number of fused-ring (bicyclic) bond motifs is 3. The second-order valence-electron chi connectivity index (χ2n) is 12.1. The molecule has 0 spiro atoms. The van der Waals surface area contributed by atoms with Crippen molar-refractivity contribution in [2.24, 2.45) is 0 Å². The third-order valence-corrected chi connectivity index (χ3v) is 9.16. The first-order valence-electron chi connectivity index (χ1n) is 15.7. The molecule has 0 atom stereocenters. The van der Waals surface area contributed by atoms with Crippen molar-refractivity contribution in [3.05, 3.63) is 117 Å². The van der Waals surface area contributed by atoms with Gasteiger partial charge in [0, 0.05) is 62.4 Å². The third-order valence-electron chi connectivity index (χ3n) is 8.69. The molecule has 0 saturated carbocycles. The van der Waals surface area contributed by atoms with E-state index in [0.717, 1.165) is 60.0 Å². The predicted octanol–water partition coefficient (Wildman–Crippen LogP) is 5.85. The molecule has 1 aliphatic rings. The van der Waals surface area contributed by atoms with Crippen LogP contribution < -0.4 is 5.32 Å². The van der Waals surface area contributed by atoms with E-state index in [9.17, 15) is 14.0 Å². The molecule has 1 saturated heterocycles. The van der Waals surface area contributed by atoms with Gasteiger partial charge in [-0.25, -0.2) is 9.18 Å². The minimum absolute atomic E-state index is 0. The molecular weight excluding hydrogens is 700 g/mol. The molecular formula is C37H40Cl2FN5O6. The molecule has 1 fully saturated rings. The fourth-order valence-corrected chi connectivity index (χ4v) is 6.71. The lowest BCUT2D eigenvalue weighted by Crippen LogP contribution is -2.39. The number of amides is 1. The number of carbonyl (C=O) groups is 2. The number of aromatic carboxylic acids is 1. The van der Waals surface area contributed by atoms with Crippen LogP contribution in [0.2, 0.25) is 10.0 Å². The van der Waals surface area contributed by atoms with E-state index in [0.29, 0.717) is 44.7 Å². The zero-order valence-electron chi connectivity index (χ0n) is 28.0. The van der Waals surface area contributed by atoms with Crippen LogP contribution in [0.25, 0.3) is 32.7 Å². The smallest absolute Gasteiger partial charge is 0.336 e. The number of likely N-dealkylation sites (tertiary alicyclic amines) is 1. The Balaban J connectivity index is 0.000000331. The monoisotopic (exact) mass is 739 g/mol. The maximum absolute atomic E-state index is 13.5. The van der Waals surface area contributed by atoms with Crippen molar-refractivity contribution < 1.29 is 35.5 Å². The standard InChI is InChI=1S/C26H26ClFN4O.C11H8ClNO2.3H2O/c1-16-12-22(20-4-2-18(27)13-25(20)31-16)26(33)29-8-11-32-9-6-17(7-10-32)23-15-30-24-14-19(28)3-5-21(23)24;1-6-4-9(11(14)15)8-3-2-7(12)5-10(8)13-6;;;/h2-5,12-15,17,30H,6-11H2,1H3,(H,29,33);2-5H,1H3,(H,14,15);3*1H2. The van der Waals surface area contributed by atoms with Gasteiger partial charge in [0.05, 0.1) is 22.2 Å². The minimum atomic E-state index is -0.951. The van der Waals surface area contributed by atoms with Gasteiger partial charge in [-0.15, -0.1) is 0 Å². The molecule has 0 bridgehead atoms. The number of carboxylic acid groups (broad SMARTS) is 1. The van der Waals surface area contributed by atoms with Crippen molar-refractivity contribution in [3.63, 3.8) is 0 Å². The average Bonchev–Trinajstić information content (AvgIpc) is 3.47. The van der Waals surface area contributed by atoms with Gasteiger partial charge < -0.3 is 36.7 Å². The number of benzene rings is 3. The summed E-state index contributed by atoms with van der Waals surface area (Å²) in [7, 11) is 0. The van der Waals surface area contributed by atoms with Crippen LogP contribution in [0, 0.1) is 19.7 Å². The Morgan fingerprint density at radius 3 is 1.98 bits per heavy atom. The van der Waals surface area contributed by atoms with Gasteiger partial charge in [0.1, 0.15) is 5.82 Å². The van der Waals surface area contributed by atoms with E-state index < -0.39 is 5.97 Å². The van der Waals surface area contributed by atoms with Gasteiger partial charge >= 0.3 is 5.97 Å². The van der Waals surface area contributed by atoms with Gasteiger partial charge in [-0.2, -0.15) is 0 Å². The number of carbonyl (C=O) groups excluding carboxylic acids is 1. The van der Waals surface area contributed by atoms with Crippen LogP contribution in [-0.4, -0.2) is 79.4 Å². The number of aryl methyl sites for hydroxylation is 2. The van der Waals surface area contributed by atoms with Crippen LogP contribution in [0.1, 0.15) is 56.4 Å². The molecule has 14 heteroatoms. The number of carboxylic acids is 1. The molecule has 51 heavy (non-hydrogen) atoms. The first kappa shape index (κ1) is 40.7. The molecule has 7 rings (SSSR count). The fourth-order valence-electron chi connectivity index (χ4n) is 6.38. The number of aromatic nitrogens is 3. The SMILES string of the molecule is Cc1cc(C(=O)NCCN2CCC(c3c[nH]c4cc(F)ccc34)CC2)c2ccc(Cl)cc2n1.Cc1cc(C(=O)O)c2ccc(Cl)cc2n1.O.O.O. The van der Waals surface area contributed by atoms with Crippen LogP contribution in [-0.2, 0) is 0 Å². The number of nitrogens with zero attached hydrogens (tertiary/aromatic N) is 3. The molecule has 1 amide bonds. The zero-order valence-corrected chi connectivity index (χ0v) is 29.5. The lowest BCUT2D eigenvalue weighted by Gasteiger charge is -2.32. The number of hydrogen-bond donors (Lipinski definition) is 3. The van der Waals surface area contributed by atoms with Gasteiger partial charge in [-0.3, -0.25) is 14.8 Å². The van der Waals surface area contributed by atoms with Gasteiger partial charge in [-0.05, 0) is 106 Å². The van der Waals surface area contributed by atoms with Crippen molar-refractivity contribution in [3.8, 4) is 0 Å². The van der Waals surface area contributed by atoms with Crippen LogP contribution >= 0.6 is 23.2 Å². The summed E-state index contributed by atoms with van der Waals surface area (Å²) in [5.74, 6) is -0.791. The maximum Gasteiger partial charge on any atom is 0.336 e. The van der Waals surface area contributed by atoms with Crippen LogP contribution in [0.15, 0.2) is 72.9 Å². The zero-order chi connectivity index (χ0) is 33.9. The first-order valence-corrected chi connectivity index (χ1v) is 16.5. The van der Waals surface area contributed by atoms with E-state index in [1.165, 1.54) is 11.6 Å². The number of aromatic amines is 1. The minimum Gasteiger partial charge on any atom is -0.478 e. The highest BCUT2D eigenvalue weighted by Crippen LogP contribution is 2.33. The third kappa shape index (κ3) is 9.36. The number of nitrogens with one attached hydrogen (secondary N) is 2. The molecule has 270 valence electrons. The Labute approximate surface area is 303 Å². The van der Waals surface area contributed by atoms with Gasteiger partial charge in [0.15, 0.2) is 0 Å². The van der Waals surface area contributed by atoms with Crippen molar-refractivity contribution in [1.82, 2.24) is 25.2 Å². The molecule has 9 N–H and O–H groups in total. The normalized spacial score (nSPS) is 13.0. The Morgan fingerprint density at radius 1 is 0.843 bits per heavy atom. The number of hydrogen-bond acceptors (Lipinski definition) is 5. The predicted molar refractivity (Wildman–Crippen MR) is 200 cm³/mol.